The van der Waals surface area contributed by atoms with Crippen LogP contribution in [0.4, 0.5) is 25.0 Å². The third-order valence-corrected chi connectivity index (χ3v) is 7.57. The molecule has 0 spiro atoms. The number of aromatic nitrogens is 4. The van der Waals surface area contributed by atoms with Crippen LogP contribution in [0.15, 0.2) is 47.6 Å². The highest BCUT2D eigenvalue weighted by Gasteiger charge is 2.34. The molecule has 2 aliphatic rings. The number of piperidine rings is 1. The SMILES string of the molecule is CC(=O)NC[C@H]1CN(c2cc(F)c(N3CCC(n4nnnc4SCc4ccccc4)CC3)c(F)c2)C(=O)O1. The van der Waals surface area contributed by atoms with E-state index in [9.17, 15) is 9.59 Å². The molecule has 0 saturated carbocycles. The summed E-state index contributed by atoms with van der Waals surface area (Å²) in [5, 5.41) is 15.5. The number of halogens is 2. The third-order valence-electron chi connectivity index (χ3n) is 6.57. The van der Waals surface area contributed by atoms with Crippen LogP contribution in [-0.2, 0) is 15.3 Å². The second kappa shape index (κ2) is 11.3. The molecule has 13 heteroatoms. The van der Waals surface area contributed by atoms with E-state index in [4.69, 9.17) is 4.74 Å². The number of thioether (sulfide) groups is 1. The molecule has 5 rings (SSSR count). The van der Waals surface area contributed by atoms with Gasteiger partial charge in [-0.3, -0.25) is 9.69 Å². The van der Waals surface area contributed by atoms with Crippen molar-refractivity contribution in [2.45, 2.75) is 42.8 Å². The normalized spacial score (nSPS) is 18.1. The first-order chi connectivity index (χ1) is 18.4. The first-order valence-electron chi connectivity index (χ1n) is 12.3. The van der Waals surface area contributed by atoms with Crippen LogP contribution >= 0.6 is 11.8 Å². The molecule has 0 unspecified atom stereocenters. The summed E-state index contributed by atoms with van der Waals surface area (Å²) in [5.74, 6) is -1.02. The van der Waals surface area contributed by atoms with Crippen molar-refractivity contribution in [2.75, 3.05) is 36.0 Å². The Morgan fingerprint density at radius 3 is 2.55 bits per heavy atom. The summed E-state index contributed by atoms with van der Waals surface area (Å²) < 4.78 is 37.3. The molecule has 38 heavy (non-hydrogen) atoms. The monoisotopic (exact) mass is 543 g/mol. The van der Waals surface area contributed by atoms with Crippen molar-refractivity contribution in [3.8, 4) is 0 Å². The molecule has 200 valence electrons. The second-order valence-corrected chi connectivity index (χ2v) is 10.2. The molecule has 1 N–H and O–H groups in total. The topological polar surface area (TPSA) is 105 Å². The average molecular weight is 544 g/mol. The fourth-order valence-electron chi connectivity index (χ4n) is 4.67. The highest BCUT2D eigenvalue weighted by Crippen LogP contribution is 2.35. The van der Waals surface area contributed by atoms with Gasteiger partial charge < -0.3 is 15.0 Å². The number of tetrazole rings is 1. The van der Waals surface area contributed by atoms with E-state index < -0.39 is 23.8 Å². The minimum Gasteiger partial charge on any atom is -0.442 e. The second-order valence-electron chi connectivity index (χ2n) is 9.21. The Hall–Kier alpha value is -3.74. The van der Waals surface area contributed by atoms with Gasteiger partial charge in [0.05, 0.1) is 24.8 Å². The van der Waals surface area contributed by atoms with E-state index in [1.54, 1.807) is 21.3 Å². The van der Waals surface area contributed by atoms with Gasteiger partial charge in [-0.05, 0) is 28.8 Å². The van der Waals surface area contributed by atoms with Gasteiger partial charge in [-0.25, -0.2) is 18.3 Å². The van der Waals surface area contributed by atoms with Gasteiger partial charge in [0, 0.05) is 37.9 Å². The number of carbonyl (C=O) groups is 2. The van der Waals surface area contributed by atoms with Crippen LogP contribution in [0.5, 0.6) is 0 Å². The number of carbonyl (C=O) groups excluding carboxylic acids is 2. The van der Waals surface area contributed by atoms with Crippen LogP contribution in [-0.4, -0.2) is 64.5 Å². The van der Waals surface area contributed by atoms with Gasteiger partial charge >= 0.3 is 6.09 Å². The maximum atomic E-state index is 15.2. The number of benzene rings is 2. The van der Waals surface area contributed by atoms with Gasteiger partial charge in [-0.15, -0.1) is 5.10 Å². The lowest BCUT2D eigenvalue weighted by atomic mass is 10.0. The predicted molar refractivity (Wildman–Crippen MR) is 137 cm³/mol. The lowest BCUT2D eigenvalue weighted by Crippen LogP contribution is -2.36. The number of ether oxygens (including phenoxy) is 1. The van der Waals surface area contributed by atoms with Crippen molar-refractivity contribution < 1.29 is 23.1 Å². The molecule has 1 atom stereocenters. The summed E-state index contributed by atoms with van der Waals surface area (Å²) in [6, 6.07) is 12.3. The summed E-state index contributed by atoms with van der Waals surface area (Å²) >= 11 is 1.55. The van der Waals surface area contributed by atoms with E-state index in [1.807, 2.05) is 30.3 Å². The zero-order chi connectivity index (χ0) is 26.6. The molecular weight excluding hydrogens is 516 g/mol. The molecule has 2 aliphatic heterocycles. The first kappa shape index (κ1) is 25.9. The number of nitrogens with one attached hydrogen (secondary N) is 1. The standard InChI is InChI=1S/C25H27F2N7O3S/c1-16(35)28-13-20-14-33(25(36)37-20)19-11-21(26)23(22(27)12-19)32-9-7-18(8-10-32)34-24(29-30-31-34)38-15-17-5-3-2-4-6-17/h2-6,11-12,18,20H,7-10,13-15H2,1H3,(H,28,35)/t20-/m0/s1. The maximum Gasteiger partial charge on any atom is 0.414 e. The van der Waals surface area contributed by atoms with Crippen LogP contribution in [0, 0.1) is 11.6 Å². The van der Waals surface area contributed by atoms with Gasteiger partial charge in [0.15, 0.2) is 11.6 Å². The third kappa shape index (κ3) is 5.72. The smallest absolute Gasteiger partial charge is 0.414 e. The van der Waals surface area contributed by atoms with E-state index >= 15 is 8.78 Å². The molecule has 10 nitrogen and oxygen atoms in total. The van der Waals surface area contributed by atoms with E-state index in [-0.39, 0.29) is 36.4 Å². The molecule has 3 heterocycles. The van der Waals surface area contributed by atoms with Gasteiger partial charge in [-0.1, -0.05) is 42.1 Å². The van der Waals surface area contributed by atoms with E-state index in [2.05, 4.69) is 20.8 Å². The molecule has 2 amide bonds. The molecular formula is C25H27F2N7O3S. The molecule has 2 fully saturated rings. The summed E-state index contributed by atoms with van der Waals surface area (Å²) in [5.41, 5.74) is 1.12. The van der Waals surface area contributed by atoms with Crippen LogP contribution < -0.4 is 15.1 Å². The Bertz CT molecular complexity index is 1280. The molecule has 2 aromatic carbocycles. The summed E-state index contributed by atoms with van der Waals surface area (Å²) in [6.07, 6.45) is -0.0739. The van der Waals surface area contributed by atoms with Gasteiger partial charge in [0.1, 0.15) is 11.8 Å². The largest absolute Gasteiger partial charge is 0.442 e. The van der Waals surface area contributed by atoms with Gasteiger partial charge in [0.25, 0.3) is 0 Å². The van der Waals surface area contributed by atoms with Crippen LogP contribution in [0.2, 0.25) is 0 Å². The Morgan fingerprint density at radius 2 is 1.87 bits per heavy atom. The fourth-order valence-corrected chi connectivity index (χ4v) is 5.57. The Labute approximate surface area is 222 Å². The summed E-state index contributed by atoms with van der Waals surface area (Å²) in [4.78, 5) is 26.2. The average Bonchev–Trinajstić information content (AvgIpc) is 3.53. The number of cyclic esters (lactones) is 1. The highest BCUT2D eigenvalue weighted by molar-refractivity contribution is 7.98. The first-order valence-corrected chi connectivity index (χ1v) is 13.3. The summed E-state index contributed by atoms with van der Waals surface area (Å²) in [7, 11) is 0. The van der Waals surface area contributed by atoms with Crippen molar-refractivity contribution in [3.63, 3.8) is 0 Å². The van der Waals surface area contributed by atoms with Crippen molar-refractivity contribution in [3.05, 3.63) is 59.7 Å². The minimum absolute atomic E-state index is 0.0184. The quantitative estimate of drug-likeness (QED) is 0.430. The zero-order valence-electron chi connectivity index (χ0n) is 20.7. The van der Waals surface area contributed by atoms with Gasteiger partial charge in [0.2, 0.25) is 11.1 Å². The number of hydrogen-bond donors (Lipinski definition) is 1. The number of nitrogens with zero attached hydrogens (tertiary/aromatic N) is 6. The number of amides is 2. The van der Waals surface area contributed by atoms with Gasteiger partial charge in [-0.2, -0.15) is 0 Å². The predicted octanol–water partition coefficient (Wildman–Crippen LogP) is 3.55. The van der Waals surface area contributed by atoms with Crippen molar-refractivity contribution in [1.29, 1.82) is 0 Å². The molecule has 0 aliphatic carbocycles. The molecule has 0 radical (unpaired) electrons. The molecule has 0 bridgehead atoms. The molecule has 1 aromatic heterocycles. The minimum atomic E-state index is -0.752. The summed E-state index contributed by atoms with van der Waals surface area (Å²) in [6.45, 7) is 2.41. The van der Waals surface area contributed by atoms with E-state index in [1.165, 1.54) is 17.4 Å². The van der Waals surface area contributed by atoms with Crippen LogP contribution in [0.1, 0.15) is 31.4 Å². The van der Waals surface area contributed by atoms with E-state index in [0.717, 1.165) is 17.9 Å². The van der Waals surface area contributed by atoms with Crippen molar-refractivity contribution in [1.82, 2.24) is 25.5 Å². The number of anilines is 2. The molecule has 2 saturated heterocycles. The highest BCUT2D eigenvalue weighted by atomic mass is 32.2. The lowest BCUT2D eigenvalue weighted by molar-refractivity contribution is -0.119. The Balaban J connectivity index is 1.22. The number of hydrogen-bond acceptors (Lipinski definition) is 8. The Morgan fingerprint density at radius 1 is 1.16 bits per heavy atom. The number of rotatable bonds is 8. The molecule has 3 aromatic rings. The van der Waals surface area contributed by atoms with Crippen LogP contribution in [0.3, 0.4) is 0 Å². The Kier molecular flexibility index (Phi) is 7.72. The van der Waals surface area contributed by atoms with Crippen molar-refractivity contribution in [2.24, 2.45) is 0 Å². The fraction of sp³-hybridized carbons (Fsp3) is 0.400. The lowest BCUT2D eigenvalue weighted by Gasteiger charge is -2.34. The van der Waals surface area contributed by atoms with Crippen LogP contribution in [0.25, 0.3) is 0 Å². The maximum absolute atomic E-state index is 15.2. The van der Waals surface area contributed by atoms with Crippen molar-refractivity contribution >= 4 is 35.1 Å². The zero-order valence-corrected chi connectivity index (χ0v) is 21.5. The van der Waals surface area contributed by atoms with E-state index in [0.29, 0.717) is 31.1 Å².